The molecule has 3 rings (SSSR count). The molecule has 1 amide bonds. The number of methoxy groups -OCH3 is 3. The maximum atomic E-state index is 12.2. The van der Waals surface area contributed by atoms with Gasteiger partial charge in [-0.2, -0.15) is 10.1 Å². The van der Waals surface area contributed by atoms with Gasteiger partial charge in [-0.15, -0.1) is 0 Å². The number of aryl methyl sites for hydroxylation is 1. The first kappa shape index (κ1) is 19.6. The maximum absolute atomic E-state index is 12.2. The summed E-state index contributed by atoms with van der Waals surface area (Å²) in [5.41, 5.74) is 2.66. The Hall–Kier alpha value is -3.13. The number of carbonyl (C=O) groups excluding carboxylic acids is 1. The van der Waals surface area contributed by atoms with Crippen molar-refractivity contribution in [1.29, 1.82) is 0 Å². The fourth-order valence-corrected chi connectivity index (χ4v) is 3.74. The second-order valence-electron chi connectivity index (χ2n) is 6.00. The first-order valence-electron chi connectivity index (χ1n) is 8.48. The first-order chi connectivity index (χ1) is 13.5. The zero-order valence-electron chi connectivity index (χ0n) is 16.3. The molecule has 1 heterocycles. The van der Waals surface area contributed by atoms with E-state index >= 15 is 0 Å². The molecule has 0 aliphatic rings. The van der Waals surface area contributed by atoms with Crippen LogP contribution < -0.4 is 19.2 Å². The standard InChI is InChI=1S/C20H21N3O4S/c1-12-6-7-15-18(8-12)28-20(22-15)23(13(2)24)21-11-14-9-16(25-3)19(27-5)17(10-14)26-4/h6-11H,1-5H3/b21-11+. The third kappa shape index (κ3) is 3.91. The number of hydrazone groups is 1. The Balaban J connectivity index is 1.98. The van der Waals surface area contributed by atoms with Crippen molar-refractivity contribution in [3.63, 3.8) is 0 Å². The lowest BCUT2D eigenvalue weighted by atomic mass is 10.2. The molecule has 7 nitrogen and oxygen atoms in total. The number of aromatic nitrogens is 1. The number of fused-ring (bicyclic) bond motifs is 1. The Bertz CT molecular complexity index is 1020. The lowest BCUT2D eigenvalue weighted by Gasteiger charge is -2.13. The van der Waals surface area contributed by atoms with Gasteiger partial charge in [-0.05, 0) is 36.8 Å². The summed E-state index contributed by atoms with van der Waals surface area (Å²) in [5, 5.41) is 6.13. The van der Waals surface area contributed by atoms with Crippen molar-refractivity contribution in [3.05, 3.63) is 41.5 Å². The van der Waals surface area contributed by atoms with Gasteiger partial charge >= 0.3 is 0 Å². The average Bonchev–Trinajstić information content (AvgIpc) is 3.09. The fourth-order valence-electron chi connectivity index (χ4n) is 2.68. The highest BCUT2D eigenvalue weighted by Gasteiger charge is 2.16. The van der Waals surface area contributed by atoms with E-state index in [0.717, 1.165) is 15.8 Å². The SMILES string of the molecule is COc1cc(/C=N/N(C(C)=O)c2nc3ccc(C)cc3s2)cc(OC)c1OC. The molecule has 0 atom stereocenters. The molecule has 3 aromatic rings. The molecule has 0 saturated carbocycles. The molecule has 0 N–H and O–H groups in total. The van der Waals surface area contributed by atoms with Crippen LogP contribution in [0.3, 0.4) is 0 Å². The van der Waals surface area contributed by atoms with Crippen molar-refractivity contribution in [2.24, 2.45) is 5.10 Å². The third-order valence-electron chi connectivity index (χ3n) is 4.02. The number of amides is 1. The number of nitrogens with zero attached hydrogens (tertiary/aromatic N) is 3. The Morgan fingerprint density at radius 2 is 1.79 bits per heavy atom. The van der Waals surface area contributed by atoms with Gasteiger partial charge in [0.15, 0.2) is 11.5 Å². The summed E-state index contributed by atoms with van der Waals surface area (Å²) in [5.74, 6) is 1.27. The predicted octanol–water partition coefficient (Wildman–Crippen LogP) is 4.02. The average molecular weight is 399 g/mol. The summed E-state index contributed by atoms with van der Waals surface area (Å²) < 4.78 is 17.0. The minimum atomic E-state index is -0.237. The van der Waals surface area contributed by atoms with E-state index < -0.39 is 0 Å². The van der Waals surface area contributed by atoms with Crippen LogP contribution in [0, 0.1) is 6.92 Å². The smallest absolute Gasteiger partial charge is 0.246 e. The largest absolute Gasteiger partial charge is 0.493 e. The molecule has 0 fully saturated rings. The molecular formula is C20H21N3O4S. The first-order valence-corrected chi connectivity index (χ1v) is 9.30. The highest BCUT2D eigenvalue weighted by molar-refractivity contribution is 7.22. The summed E-state index contributed by atoms with van der Waals surface area (Å²) >= 11 is 1.42. The quantitative estimate of drug-likeness (QED) is 0.462. The zero-order chi connectivity index (χ0) is 20.3. The molecule has 2 aromatic carbocycles. The van der Waals surface area contributed by atoms with E-state index in [1.54, 1.807) is 39.7 Å². The number of ether oxygens (including phenoxy) is 3. The maximum Gasteiger partial charge on any atom is 0.246 e. The molecule has 0 aliphatic heterocycles. The monoisotopic (exact) mass is 399 g/mol. The predicted molar refractivity (Wildman–Crippen MR) is 111 cm³/mol. The number of benzene rings is 2. The summed E-state index contributed by atoms with van der Waals surface area (Å²) in [6.45, 7) is 3.47. The van der Waals surface area contributed by atoms with Gasteiger partial charge in [0.05, 0.1) is 37.8 Å². The van der Waals surface area contributed by atoms with Crippen LogP contribution in [-0.4, -0.2) is 38.4 Å². The Labute approximate surface area is 167 Å². The molecule has 0 unspecified atom stereocenters. The lowest BCUT2D eigenvalue weighted by molar-refractivity contribution is -0.116. The summed E-state index contributed by atoms with van der Waals surface area (Å²) in [6, 6.07) is 9.47. The molecule has 28 heavy (non-hydrogen) atoms. The van der Waals surface area contributed by atoms with Gasteiger partial charge in [0.2, 0.25) is 16.8 Å². The molecule has 0 spiro atoms. The Morgan fingerprint density at radius 3 is 2.36 bits per heavy atom. The normalized spacial score (nSPS) is 11.0. The van der Waals surface area contributed by atoms with Crippen molar-refractivity contribution in [3.8, 4) is 17.2 Å². The minimum Gasteiger partial charge on any atom is -0.493 e. The van der Waals surface area contributed by atoms with Crippen molar-refractivity contribution in [2.75, 3.05) is 26.3 Å². The van der Waals surface area contributed by atoms with Crippen molar-refractivity contribution in [2.45, 2.75) is 13.8 Å². The van der Waals surface area contributed by atoms with E-state index in [-0.39, 0.29) is 5.91 Å². The topological polar surface area (TPSA) is 73.2 Å². The van der Waals surface area contributed by atoms with Crippen LogP contribution >= 0.6 is 11.3 Å². The van der Waals surface area contributed by atoms with Crippen molar-refractivity contribution >= 4 is 38.8 Å². The second kappa shape index (κ2) is 8.26. The summed E-state index contributed by atoms with van der Waals surface area (Å²) in [6.07, 6.45) is 1.56. The number of thiazole rings is 1. The van der Waals surface area contributed by atoms with Gasteiger partial charge in [-0.1, -0.05) is 17.4 Å². The van der Waals surface area contributed by atoms with Gasteiger partial charge in [-0.25, -0.2) is 4.98 Å². The molecule has 0 bridgehead atoms. The van der Waals surface area contributed by atoms with Gasteiger partial charge in [0.25, 0.3) is 0 Å². The number of rotatable bonds is 6. The van der Waals surface area contributed by atoms with Gasteiger partial charge in [0.1, 0.15) is 0 Å². The molecular weight excluding hydrogens is 378 g/mol. The highest BCUT2D eigenvalue weighted by Crippen LogP contribution is 2.38. The number of hydrogen-bond acceptors (Lipinski definition) is 7. The van der Waals surface area contributed by atoms with Gasteiger partial charge in [0, 0.05) is 12.5 Å². The Kier molecular flexibility index (Phi) is 5.79. The van der Waals surface area contributed by atoms with Crippen LogP contribution in [0.25, 0.3) is 10.2 Å². The van der Waals surface area contributed by atoms with E-state index in [0.29, 0.717) is 27.9 Å². The van der Waals surface area contributed by atoms with Crippen LogP contribution in [0.2, 0.25) is 0 Å². The van der Waals surface area contributed by atoms with E-state index in [2.05, 4.69) is 10.1 Å². The number of anilines is 1. The third-order valence-corrected chi connectivity index (χ3v) is 5.02. The molecule has 146 valence electrons. The number of carbonyl (C=O) groups is 1. The van der Waals surface area contributed by atoms with E-state index in [4.69, 9.17) is 14.2 Å². The van der Waals surface area contributed by atoms with Gasteiger partial charge < -0.3 is 14.2 Å². The van der Waals surface area contributed by atoms with E-state index in [1.807, 2.05) is 25.1 Å². The zero-order valence-corrected chi connectivity index (χ0v) is 17.2. The molecule has 0 radical (unpaired) electrons. The lowest BCUT2D eigenvalue weighted by Crippen LogP contribution is -2.22. The minimum absolute atomic E-state index is 0.237. The van der Waals surface area contributed by atoms with E-state index in [1.165, 1.54) is 23.3 Å². The molecule has 1 aromatic heterocycles. The molecule has 0 aliphatic carbocycles. The van der Waals surface area contributed by atoms with Crippen LogP contribution in [0.15, 0.2) is 35.4 Å². The highest BCUT2D eigenvalue weighted by atomic mass is 32.1. The fraction of sp³-hybridized carbons (Fsp3) is 0.250. The summed E-state index contributed by atoms with van der Waals surface area (Å²) in [4.78, 5) is 16.7. The number of hydrogen-bond donors (Lipinski definition) is 0. The van der Waals surface area contributed by atoms with Crippen LogP contribution in [0.1, 0.15) is 18.1 Å². The second-order valence-corrected chi connectivity index (χ2v) is 7.01. The molecule has 8 heteroatoms. The van der Waals surface area contributed by atoms with Crippen molar-refractivity contribution in [1.82, 2.24) is 4.98 Å². The molecule has 0 saturated heterocycles. The van der Waals surface area contributed by atoms with E-state index in [9.17, 15) is 4.79 Å². The van der Waals surface area contributed by atoms with Crippen LogP contribution in [-0.2, 0) is 4.79 Å². The Morgan fingerprint density at radius 1 is 1.11 bits per heavy atom. The summed E-state index contributed by atoms with van der Waals surface area (Å²) in [7, 11) is 4.63. The van der Waals surface area contributed by atoms with Crippen LogP contribution in [0.4, 0.5) is 5.13 Å². The van der Waals surface area contributed by atoms with Crippen LogP contribution in [0.5, 0.6) is 17.2 Å². The van der Waals surface area contributed by atoms with Crippen molar-refractivity contribution < 1.29 is 19.0 Å². The van der Waals surface area contributed by atoms with Gasteiger partial charge in [-0.3, -0.25) is 4.79 Å².